The summed E-state index contributed by atoms with van der Waals surface area (Å²) < 4.78 is 39.8. The van der Waals surface area contributed by atoms with E-state index in [4.69, 9.17) is 5.11 Å². The number of alkyl halides is 2. The standard InChI is InChI=1S/C18H28F2O2S/c19-18(20,23(22)17-13-9-8-10-14-17)15-11-6-4-2-1-3-5-7-12-16-21/h8-10,13-14,21H,1-7,11-12,15-16H2. The summed E-state index contributed by atoms with van der Waals surface area (Å²) in [6.45, 7) is 0.262. The third-order valence-corrected chi connectivity index (χ3v) is 5.30. The highest BCUT2D eigenvalue weighted by Crippen LogP contribution is 2.30. The van der Waals surface area contributed by atoms with Crippen LogP contribution in [0.2, 0.25) is 0 Å². The van der Waals surface area contributed by atoms with Crippen LogP contribution in [0.5, 0.6) is 0 Å². The van der Waals surface area contributed by atoms with Crippen molar-refractivity contribution in [1.82, 2.24) is 0 Å². The fourth-order valence-corrected chi connectivity index (χ4v) is 3.57. The highest BCUT2D eigenvalue weighted by molar-refractivity contribution is 7.86. The summed E-state index contributed by atoms with van der Waals surface area (Å²) >= 11 is 0. The third-order valence-electron chi connectivity index (χ3n) is 3.85. The van der Waals surface area contributed by atoms with Crippen LogP contribution in [-0.4, -0.2) is 21.2 Å². The number of hydrogen-bond donors (Lipinski definition) is 1. The van der Waals surface area contributed by atoms with Crippen molar-refractivity contribution in [2.75, 3.05) is 6.61 Å². The Morgan fingerprint density at radius 2 is 1.30 bits per heavy atom. The molecular weight excluding hydrogens is 318 g/mol. The Hall–Kier alpha value is -0.810. The summed E-state index contributed by atoms with van der Waals surface area (Å²) in [6, 6.07) is 7.96. The highest BCUT2D eigenvalue weighted by atomic mass is 32.2. The largest absolute Gasteiger partial charge is 0.396 e. The Bertz CT molecular complexity index is 438. The zero-order valence-corrected chi connectivity index (χ0v) is 14.5. The van der Waals surface area contributed by atoms with Gasteiger partial charge in [-0.15, -0.1) is 0 Å². The van der Waals surface area contributed by atoms with E-state index < -0.39 is 16.1 Å². The molecule has 2 nitrogen and oxygen atoms in total. The predicted octanol–water partition coefficient (Wildman–Crippen LogP) is 5.28. The van der Waals surface area contributed by atoms with Gasteiger partial charge in [0.05, 0.1) is 0 Å². The lowest BCUT2D eigenvalue weighted by molar-refractivity contribution is 0.0854. The van der Waals surface area contributed by atoms with Crippen LogP contribution >= 0.6 is 0 Å². The minimum Gasteiger partial charge on any atom is -0.396 e. The van der Waals surface area contributed by atoms with Gasteiger partial charge in [-0.1, -0.05) is 63.1 Å². The zero-order chi connectivity index (χ0) is 17.0. The fraction of sp³-hybridized carbons (Fsp3) is 0.667. The molecule has 5 heteroatoms. The van der Waals surface area contributed by atoms with Crippen molar-refractivity contribution in [3.63, 3.8) is 0 Å². The molecule has 1 atom stereocenters. The second-order valence-corrected chi connectivity index (χ2v) is 7.48. The van der Waals surface area contributed by atoms with Crippen LogP contribution in [0.15, 0.2) is 35.2 Å². The summed E-state index contributed by atoms with van der Waals surface area (Å²) in [5.41, 5.74) is 0. The van der Waals surface area contributed by atoms with Crippen molar-refractivity contribution < 1.29 is 18.1 Å². The maximum absolute atomic E-state index is 13.9. The van der Waals surface area contributed by atoms with E-state index in [0.717, 1.165) is 51.4 Å². The zero-order valence-electron chi connectivity index (χ0n) is 13.7. The Kier molecular flexibility index (Phi) is 10.3. The Morgan fingerprint density at radius 3 is 1.83 bits per heavy atom. The van der Waals surface area contributed by atoms with E-state index >= 15 is 0 Å². The molecule has 0 aliphatic heterocycles. The molecule has 0 saturated heterocycles. The summed E-state index contributed by atoms with van der Waals surface area (Å²) in [6.07, 6.45) is 8.21. The number of unbranched alkanes of at least 4 members (excludes halogenated alkanes) is 8. The second kappa shape index (κ2) is 11.7. The van der Waals surface area contributed by atoms with Crippen molar-refractivity contribution in [3.05, 3.63) is 30.3 Å². The fourth-order valence-electron chi connectivity index (χ4n) is 2.49. The van der Waals surface area contributed by atoms with Crippen molar-refractivity contribution >= 4 is 10.8 Å². The lowest BCUT2D eigenvalue weighted by Crippen LogP contribution is -2.23. The first-order chi connectivity index (χ1) is 11.1. The molecule has 0 aromatic heterocycles. The molecule has 0 aliphatic carbocycles. The second-order valence-electron chi connectivity index (χ2n) is 5.87. The first-order valence-electron chi connectivity index (χ1n) is 8.53. The van der Waals surface area contributed by atoms with E-state index in [1.807, 2.05) is 0 Å². The molecule has 0 saturated carbocycles. The van der Waals surface area contributed by atoms with E-state index in [1.54, 1.807) is 18.2 Å². The number of aliphatic hydroxyl groups is 1. The number of aliphatic hydroxyl groups excluding tert-OH is 1. The molecule has 1 unspecified atom stereocenters. The average Bonchev–Trinajstić information content (AvgIpc) is 2.56. The van der Waals surface area contributed by atoms with Gasteiger partial charge in [0, 0.05) is 17.9 Å². The molecule has 1 N–H and O–H groups in total. The lowest BCUT2D eigenvalue weighted by atomic mass is 10.1. The van der Waals surface area contributed by atoms with Crippen LogP contribution in [0.4, 0.5) is 8.78 Å². The number of hydrogen-bond acceptors (Lipinski definition) is 2. The van der Waals surface area contributed by atoms with E-state index in [2.05, 4.69) is 0 Å². The Morgan fingerprint density at radius 1 is 0.826 bits per heavy atom. The van der Waals surface area contributed by atoms with Gasteiger partial charge >= 0.3 is 5.25 Å². The van der Waals surface area contributed by atoms with Gasteiger partial charge in [0.1, 0.15) is 10.8 Å². The monoisotopic (exact) mass is 346 g/mol. The first kappa shape index (κ1) is 20.2. The smallest absolute Gasteiger partial charge is 0.325 e. The van der Waals surface area contributed by atoms with Crippen LogP contribution in [0.25, 0.3) is 0 Å². The maximum Gasteiger partial charge on any atom is 0.325 e. The number of benzene rings is 1. The average molecular weight is 346 g/mol. The van der Waals surface area contributed by atoms with Gasteiger partial charge in [-0.25, -0.2) is 4.21 Å². The van der Waals surface area contributed by atoms with E-state index in [0.29, 0.717) is 6.42 Å². The van der Waals surface area contributed by atoms with Crippen LogP contribution in [0.3, 0.4) is 0 Å². The number of halogens is 2. The molecule has 0 radical (unpaired) electrons. The van der Waals surface area contributed by atoms with E-state index in [9.17, 15) is 13.0 Å². The molecule has 0 spiro atoms. The van der Waals surface area contributed by atoms with Gasteiger partial charge in [-0.2, -0.15) is 8.78 Å². The van der Waals surface area contributed by atoms with Crippen molar-refractivity contribution in [2.24, 2.45) is 0 Å². The highest BCUT2D eigenvalue weighted by Gasteiger charge is 2.36. The van der Waals surface area contributed by atoms with Gasteiger partial charge in [-0.05, 0) is 25.0 Å². The minimum absolute atomic E-state index is 0.195. The molecule has 0 aliphatic rings. The summed E-state index contributed by atoms with van der Waals surface area (Å²) in [4.78, 5) is 0.195. The summed E-state index contributed by atoms with van der Waals surface area (Å²) in [5.74, 6) is 0. The quantitative estimate of drug-likeness (QED) is 0.493. The van der Waals surface area contributed by atoms with Gasteiger partial charge in [0.25, 0.3) is 0 Å². The summed E-state index contributed by atoms with van der Waals surface area (Å²) in [5, 5.41) is 5.51. The van der Waals surface area contributed by atoms with Crippen LogP contribution < -0.4 is 0 Å². The van der Waals surface area contributed by atoms with Gasteiger partial charge in [0.15, 0.2) is 0 Å². The molecular formula is C18H28F2O2S. The molecule has 0 bridgehead atoms. The van der Waals surface area contributed by atoms with Crippen molar-refractivity contribution in [1.29, 1.82) is 0 Å². The Labute approximate surface area is 140 Å². The van der Waals surface area contributed by atoms with Gasteiger partial charge < -0.3 is 5.11 Å². The molecule has 132 valence electrons. The molecule has 1 aromatic carbocycles. The van der Waals surface area contributed by atoms with Crippen molar-refractivity contribution in [3.8, 4) is 0 Å². The van der Waals surface area contributed by atoms with Crippen LogP contribution in [0, 0.1) is 0 Å². The van der Waals surface area contributed by atoms with Gasteiger partial charge in [-0.3, -0.25) is 0 Å². The van der Waals surface area contributed by atoms with Crippen LogP contribution in [-0.2, 0) is 10.8 Å². The van der Waals surface area contributed by atoms with E-state index in [-0.39, 0.29) is 17.9 Å². The lowest BCUT2D eigenvalue weighted by Gasteiger charge is -2.15. The molecule has 1 rings (SSSR count). The number of rotatable bonds is 13. The SMILES string of the molecule is O=S(c1ccccc1)C(F)(F)CCCCCCCCCCCO. The molecule has 23 heavy (non-hydrogen) atoms. The molecule has 1 aromatic rings. The first-order valence-corrected chi connectivity index (χ1v) is 9.68. The van der Waals surface area contributed by atoms with Crippen molar-refractivity contribution in [2.45, 2.75) is 74.4 Å². The molecule has 0 amide bonds. The van der Waals surface area contributed by atoms with Crippen LogP contribution in [0.1, 0.15) is 64.2 Å². The molecule has 0 heterocycles. The summed E-state index contributed by atoms with van der Waals surface area (Å²) in [7, 11) is -2.26. The predicted molar refractivity (Wildman–Crippen MR) is 91.1 cm³/mol. The minimum atomic E-state index is -3.15. The van der Waals surface area contributed by atoms with E-state index in [1.165, 1.54) is 12.1 Å². The third kappa shape index (κ3) is 8.56. The molecule has 0 fully saturated rings. The Balaban J connectivity index is 2.11. The maximum atomic E-state index is 13.9. The normalized spacial score (nSPS) is 13.2. The topological polar surface area (TPSA) is 37.3 Å². The van der Waals surface area contributed by atoms with Gasteiger partial charge in [0.2, 0.25) is 0 Å².